The number of halogens is 1. The molecule has 0 radical (unpaired) electrons. The minimum atomic E-state index is -0.393. The van der Waals surface area contributed by atoms with E-state index in [1.165, 1.54) is 7.11 Å². The first kappa shape index (κ1) is 19.8. The molecule has 2 N–H and O–H groups in total. The minimum Gasteiger partial charge on any atom is -0.493 e. The highest BCUT2D eigenvalue weighted by molar-refractivity contribution is 9.10. The third-order valence-electron chi connectivity index (χ3n) is 3.59. The highest BCUT2D eigenvalue weighted by Gasteiger charge is 2.10. The van der Waals surface area contributed by atoms with Gasteiger partial charge in [-0.15, -0.1) is 0 Å². The zero-order valence-corrected chi connectivity index (χ0v) is 16.5. The van der Waals surface area contributed by atoms with Crippen molar-refractivity contribution in [3.05, 3.63) is 52.0 Å². The Hall–Kier alpha value is -2.54. The van der Waals surface area contributed by atoms with Gasteiger partial charge in [-0.1, -0.05) is 22.0 Å². The van der Waals surface area contributed by atoms with E-state index >= 15 is 0 Å². The summed E-state index contributed by atoms with van der Waals surface area (Å²) in [6.07, 6.45) is 0. The van der Waals surface area contributed by atoms with Crippen molar-refractivity contribution in [3.8, 4) is 11.5 Å². The van der Waals surface area contributed by atoms with Gasteiger partial charge < -0.3 is 20.1 Å². The van der Waals surface area contributed by atoms with Crippen LogP contribution in [0.15, 0.2) is 40.9 Å². The molecule has 0 atom stereocenters. The lowest BCUT2D eigenvalue weighted by Gasteiger charge is -2.12. The normalized spacial score (nSPS) is 10.2. The second-order valence-corrected chi connectivity index (χ2v) is 6.64. The molecule has 0 aliphatic rings. The Morgan fingerprint density at radius 1 is 1.04 bits per heavy atom. The molecule has 0 spiro atoms. The molecule has 0 fully saturated rings. The second kappa shape index (κ2) is 9.24. The number of methoxy groups -OCH3 is 1. The Morgan fingerprint density at radius 3 is 2.50 bits per heavy atom. The molecule has 0 bridgehead atoms. The summed E-state index contributed by atoms with van der Waals surface area (Å²) in [6, 6.07) is 11.0. The van der Waals surface area contributed by atoms with Gasteiger partial charge in [0.15, 0.2) is 18.1 Å². The molecule has 2 amide bonds. The summed E-state index contributed by atoms with van der Waals surface area (Å²) in [5, 5.41) is 5.28. The van der Waals surface area contributed by atoms with E-state index in [1.807, 2.05) is 38.1 Å². The first-order chi connectivity index (χ1) is 12.4. The predicted molar refractivity (Wildman–Crippen MR) is 104 cm³/mol. The van der Waals surface area contributed by atoms with E-state index in [0.717, 1.165) is 15.6 Å². The lowest BCUT2D eigenvalue weighted by molar-refractivity contribution is -0.125. The lowest BCUT2D eigenvalue weighted by atomic mass is 10.2. The number of hydrogen-bond acceptors (Lipinski definition) is 4. The molecule has 0 saturated heterocycles. The molecule has 26 heavy (non-hydrogen) atoms. The van der Waals surface area contributed by atoms with Crippen LogP contribution >= 0.6 is 15.9 Å². The summed E-state index contributed by atoms with van der Waals surface area (Å²) < 4.78 is 11.6. The molecule has 138 valence electrons. The monoisotopic (exact) mass is 420 g/mol. The lowest BCUT2D eigenvalue weighted by Crippen LogP contribution is -2.35. The van der Waals surface area contributed by atoms with Crippen molar-refractivity contribution >= 4 is 33.4 Å². The van der Waals surface area contributed by atoms with E-state index in [-0.39, 0.29) is 19.1 Å². The van der Waals surface area contributed by atoms with Gasteiger partial charge in [-0.05, 0) is 55.3 Å². The molecule has 0 aliphatic carbocycles. The zero-order chi connectivity index (χ0) is 19.1. The van der Waals surface area contributed by atoms with Gasteiger partial charge in [0.2, 0.25) is 5.91 Å². The fourth-order valence-electron chi connectivity index (χ4n) is 2.23. The summed E-state index contributed by atoms with van der Waals surface area (Å²) in [6.45, 7) is 3.49. The second-order valence-electron chi connectivity index (χ2n) is 5.73. The van der Waals surface area contributed by atoms with Crippen LogP contribution in [0.5, 0.6) is 11.5 Å². The average Bonchev–Trinajstić information content (AvgIpc) is 2.61. The third kappa shape index (κ3) is 5.77. The van der Waals surface area contributed by atoms with Crippen LogP contribution in [0.4, 0.5) is 5.69 Å². The van der Waals surface area contributed by atoms with Crippen LogP contribution in [0.1, 0.15) is 11.1 Å². The summed E-state index contributed by atoms with van der Waals surface area (Å²) in [7, 11) is 1.54. The Morgan fingerprint density at radius 2 is 1.81 bits per heavy atom. The maximum Gasteiger partial charge on any atom is 0.258 e. The smallest absolute Gasteiger partial charge is 0.258 e. The third-order valence-corrected chi connectivity index (χ3v) is 4.08. The topological polar surface area (TPSA) is 76.7 Å². The van der Waals surface area contributed by atoms with Gasteiger partial charge in [0.25, 0.3) is 5.91 Å². The largest absolute Gasteiger partial charge is 0.493 e. The van der Waals surface area contributed by atoms with Gasteiger partial charge in [-0.3, -0.25) is 9.59 Å². The molecule has 0 heterocycles. The minimum absolute atomic E-state index is 0.136. The van der Waals surface area contributed by atoms with Gasteiger partial charge in [-0.25, -0.2) is 0 Å². The molecule has 0 aliphatic heterocycles. The summed E-state index contributed by atoms with van der Waals surface area (Å²) in [4.78, 5) is 23.9. The molecule has 0 saturated carbocycles. The number of benzene rings is 2. The Bertz CT molecular complexity index is 808. The molecule has 7 heteroatoms. The summed E-state index contributed by atoms with van der Waals surface area (Å²) >= 11 is 3.37. The maximum absolute atomic E-state index is 12.0. The number of rotatable bonds is 7. The molecule has 6 nitrogen and oxygen atoms in total. The standard InChI is InChI=1S/C19H21BrN2O4/c1-12-4-7-16(17(8-12)25-3)26-11-19(24)21-10-18(23)22-15-6-5-14(20)9-13(15)2/h4-9H,10-11H2,1-3H3,(H,21,24)(H,22,23). The van der Waals surface area contributed by atoms with Crippen LogP contribution in [0.2, 0.25) is 0 Å². The van der Waals surface area contributed by atoms with Crippen molar-refractivity contribution < 1.29 is 19.1 Å². The van der Waals surface area contributed by atoms with E-state index in [1.54, 1.807) is 12.1 Å². The molecular formula is C19H21BrN2O4. The SMILES string of the molecule is COc1cc(C)ccc1OCC(=O)NCC(=O)Nc1ccc(Br)cc1C. The van der Waals surface area contributed by atoms with E-state index in [2.05, 4.69) is 26.6 Å². The van der Waals surface area contributed by atoms with Crippen molar-refractivity contribution in [2.45, 2.75) is 13.8 Å². The molecule has 0 unspecified atom stereocenters. The van der Waals surface area contributed by atoms with Gasteiger partial charge in [0, 0.05) is 10.2 Å². The fourth-order valence-corrected chi connectivity index (χ4v) is 2.70. The Balaban J connectivity index is 1.80. The van der Waals surface area contributed by atoms with E-state index in [9.17, 15) is 9.59 Å². The van der Waals surface area contributed by atoms with Crippen molar-refractivity contribution in [1.82, 2.24) is 5.32 Å². The zero-order valence-electron chi connectivity index (χ0n) is 14.9. The number of carbonyl (C=O) groups is 2. The Labute approximate surface area is 161 Å². The number of amides is 2. The highest BCUT2D eigenvalue weighted by atomic mass is 79.9. The van der Waals surface area contributed by atoms with Gasteiger partial charge in [0.05, 0.1) is 13.7 Å². The van der Waals surface area contributed by atoms with Crippen LogP contribution in [0.3, 0.4) is 0 Å². The number of anilines is 1. The van der Waals surface area contributed by atoms with Gasteiger partial charge in [0.1, 0.15) is 0 Å². The van der Waals surface area contributed by atoms with Gasteiger partial charge >= 0.3 is 0 Å². The summed E-state index contributed by atoms with van der Waals surface area (Å²) in [5.74, 6) is 0.330. The Kier molecular flexibility index (Phi) is 7.03. The highest BCUT2D eigenvalue weighted by Crippen LogP contribution is 2.27. The van der Waals surface area contributed by atoms with Gasteiger partial charge in [-0.2, -0.15) is 0 Å². The number of nitrogens with one attached hydrogen (secondary N) is 2. The van der Waals surface area contributed by atoms with Crippen molar-refractivity contribution in [2.75, 3.05) is 25.6 Å². The predicted octanol–water partition coefficient (Wildman–Crippen LogP) is 3.21. The van der Waals surface area contributed by atoms with E-state index in [4.69, 9.17) is 9.47 Å². The van der Waals surface area contributed by atoms with E-state index in [0.29, 0.717) is 17.2 Å². The molecule has 0 aromatic heterocycles. The number of aryl methyl sites for hydroxylation is 2. The van der Waals surface area contributed by atoms with Crippen molar-refractivity contribution in [2.24, 2.45) is 0 Å². The van der Waals surface area contributed by atoms with Crippen LogP contribution in [0.25, 0.3) is 0 Å². The maximum atomic E-state index is 12.0. The molecule has 2 rings (SSSR count). The van der Waals surface area contributed by atoms with Crippen LogP contribution in [0, 0.1) is 13.8 Å². The van der Waals surface area contributed by atoms with E-state index < -0.39 is 5.91 Å². The first-order valence-electron chi connectivity index (χ1n) is 7.99. The molecule has 2 aromatic carbocycles. The molecular weight excluding hydrogens is 400 g/mol. The summed E-state index contributed by atoms with van der Waals surface area (Å²) in [5.41, 5.74) is 2.65. The van der Waals surface area contributed by atoms with Crippen LogP contribution in [-0.4, -0.2) is 32.1 Å². The fraction of sp³-hybridized carbons (Fsp3) is 0.263. The number of hydrogen-bond donors (Lipinski definition) is 2. The first-order valence-corrected chi connectivity index (χ1v) is 8.78. The quantitative estimate of drug-likeness (QED) is 0.720. The average molecular weight is 421 g/mol. The van der Waals surface area contributed by atoms with Crippen LogP contribution in [-0.2, 0) is 9.59 Å². The molecule has 2 aromatic rings. The van der Waals surface area contributed by atoms with Crippen molar-refractivity contribution in [1.29, 1.82) is 0 Å². The number of carbonyl (C=O) groups excluding carboxylic acids is 2. The number of ether oxygens (including phenoxy) is 2. The van der Waals surface area contributed by atoms with Crippen molar-refractivity contribution in [3.63, 3.8) is 0 Å². The van der Waals surface area contributed by atoms with Crippen LogP contribution < -0.4 is 20.1 Å².